The Morgan fingerprint density at radius 2 is 1.54 bits per heavy atom. The first kappa shape index (κ1) is 22.3. The summed E-state index contributed by atoms with van der Waals surface area (Å²) in [5, 5.41) is 1.23. The Labute approximate surface area is 166 Å². The van der Waals surface area contributed by atoms with E-state index >= 15 is 0 Å². The molecule has 2 aromatic carbocycles. The Balaban J connectivity index is 2.10. The van der Waals surface area contributed by atoms with Crippen molar-refractivity contribution in [2.75, 3.05) is 19.8 Å². The van der Waals surface area contributed by atoms with E-state index in [0.29, 0.717) is 12.8 Å². The molecule has 0 bridgehead atoms. The Kier molecular flexibility index (Phi) is 9.38. The number of amides is 1. The smallest absolute Gasteiger partial charge is 0.308 e. The Bertz CT molecular complexity index is 731. The predicted octanol–water partition coefficient (Wildman–Crippen LogP) is 4.97. The molecule has 1 amide bonds. The van der Waals surface area contributed by atoms with Crippen molar-refractivity contribution in [3.63, 3.8) is 0 Å². The van der Waals surface area contributed by atoms with Crippen molar-refractivity contribution in [1.82, 2.24) is 5.06 Å². The largest absolute Gasteiger partial charge is 0.338 e. The van der Waals surface area contributed by atoms with Crippen molar-refractivity contribution in [3.05, 3.63) is 71.8 Å². The zero-order chi connectivity index (χ0) is 20.2. The van der Waals surface area contributed by atoms with E-state index in [9.17, 15) is 9.36 Å². The molecule has 2 aromatic rings. The third-order valence-corrected chi connectivity index (χ3v) is 6.72. The molecule has 0 aliphatic rings. The van der Waals surface area contributed by atoms with Crippen molar-refractivity contribution in [3.8, 4) is 0 Å². The van der Waals surface area contributed by atoms with Crippen LogP contribution in [0.25, 0.3) is 0 Å². The summed E-state index contributed by atoms with van der Waals surface area (Å²) >= 11 is 0. The first-order chi connectivity index (χ1) is 13.6. The quantitative estimate of drug-likeness (QED) is 0.267. The van der Waals surface area contributed by atoms with E-state index in [4.69, 9.17) is 13.9 Å². The summed E-state index contributed by atoms with van der Waals surface area (Å²) in [6.07, 6.45) is 1.02. The second-order valence-electron chi connectivity index (χ2n) is 6.10. The molecular formula is C21H28NO5P. The summed E-state index contributed by atoms with van der Waals surface area (Å²) in [5.74, 6) is 0. The van der Waals surface area contributed by atoms with E-state index in [0.717, 1.165) is 11.1 Å². The molecule has 0 aliphatic carbocycles. The van der Waals surface area contributed by atoms with Gasteiger partial charge in [0.2, 0.25) is 6.41 Å². The summed E-state index contributed by atoms with van der Waals surface area (Å²) in [6.45, 7) is 4.68. The molecule has 0 radical (unpaired) electrons. The second-order valence-corrected chi connectivity index (χ2v) is 8.32. The van der Waals surface area contributed by atoms with Crippen LogP contribution in [0.5, 0.6) is 0 Å². The fraction of sp³-hybridized carbons (Fsp3) is 0.381. The monoisotopic (exact) mass is 405 g/mol. The maximum Gasteiger partial charge on any atom is 0.338 e. The minimum Gasteiger partial charge on any atom is -0.308 e. The van der Waals surface area contributed by atoms with Gasteiger partial charge in [-0.3, -0.25) is 14.2 Å². The van der Waals surface area contributed by atoms with Crippen molar-refractivity contribution in [2.24, 2.45) is 0 Å². The first-order valence-corrected chi connectivity index (χ1v) is 11.1. The van der Waals surface area contributed by atoms with Crippen molar-refractivity contribution >= 4 is 14.0 Å². The van der Waals surface area contributed by atoms with Crippen LogP contribution in [0.15, 0.2) is 60.7 Å². The molecule has 0 spiro atoms. The van der Waals surface area contributed by atoms with Gasteiger partial charge in [-0.1, -0.05) is 60.7 Å². The molecular weight excluding hydrogens is 377 g/mol. The van der Waals surface area contributed by atoms with Gasteiger partial charge in [0.1, 0.15) is 6.61 Å². The van der Waals surface area contributed by atoms with Gasteiger partial charge in [-0.25, -0.2) is 5.06 Å². The van der Waals surface area contributed by atoms with E-state index in [1.165, 1.54) is 5.06 Å². The van der Waals surface area contributed by atoms with Gasteiger partial charge in [-0.2, -0.15) is 0 Å². The van der Waals surface area contributed by atoms with Gasteiger partial charge >= 0.3 is 7.60 Å². The van der Waals surface area contributed by atoms with Crippen LogP contribution in [0.2, 0.25) is 0 Å². The lowest BCUT2D eigenvalue weighted by molar-refractivity contribution is -0.177. The highest BCUT2D eigenvalue weighted by atomic mass is 31.2. The van der Waals surface area contributed by atoms with E-state index in [-0.39, 0.29) is 26.4 Å². The minimum absolute atomic E-state index is 0.264. The van der Waals surface area contributed by atoms with Gasteiger partial charge in [0.05, 0.1) is 18.9 Å². The Morgan fingerprint density at radius 3 is 2.07 bits per heavy atom. The Hall–Kier alpha value is -1.98. The SMILES string of the molecule is CCOP(=O)(OCC)C(CCN(C=O)OCc1ccccc1)c1ccccc1. The van der Waals surface area contributed by atoms with Crippen LogP contribution < -0.4 is 0 Å². The standard InChI is InChI=1S/C21H28NO5P/c1-3-26-28(24,27-4-2)21(20-13-9-6-10-14-20)15-16-22(18-23)25-17-19-11-7-5-8-12-19/h5-14,18,21H,3-4,15-17H2,1-2H3. The van der Waals surface area contributed by atoms with Gasteiger partial charge in [-0.05, 0) is 31.4 Å². The fourth-order valence-corrected chi connectivity index (χ4v) is 5.01. The molecule has 28 heavy (non-hydrogen) atoms. The number of nitrogens with zero attached hydrogens (tertiary/aromatic N) is 1. The molecule has 7 heteroatoms. The molecule has 6 nitrogen and oxygen atoms in total. The zero-order valence-electron chi connectivity index (χ0n) is 16.4. The minimum atomic E-state index is -3.39. The molecule has 0 saturated heterocycles. The maximum atomic E-state index is 13.4. The summed E-state index contributed by atoms with van der Waals surface area (Å²) < 4.78 is 24.5. The van der Waals surface area contributed by atoms with E-state index in [2.05, 4.69) is 0 Å². The van der Waals surface area contributed by atoms with Crippen LogP contribution in [0.4, 0.5) is 0 Å². The average molecular weight is 405 g/mol. The molecule has 152 valence electrons. The first-order valence-electron chi connectivity index (χ1n) is 9.45. The predicted molar refractivity (Wildman–Crippen MR) is 109 cm³/mol. The molecule has 1 unspecified atom stereocenters. The zero-order valence-corrected chi connectivity index (χ0v) is 17.3. The highest BCUT2D eigenvalue weighted by Crippen LogP contribution is 2.62. The molecule has 0 heterocycles. The summed E-state index contributed by atoms with van der Waals surface area (Å²) in [7, 11) is -3.39. The number of rotatable bonds is 13. The van der Waals surface area contributed by atoms with Crippen LogP contribution in [0.1, 0.15) is 37.1 Å². The topological polar surface area (TPSA) is 65.1 Å². The van der Waals surface area contributed by atoms with Gasteiger partial charge < -0.3 is 9.05 Å². The highest BCUT2D eigenvalue weighted by molar-refractivity contribution is 7.54. The molecule has 0 fully saturated rings. The average Bonchev–Trinajstić information content (AvgIpc) is 2.72. The van der Waals surface area contributed by atoms with Gasteiger partial charge in [0.15, 0.2) is 0 Å². The molecule has 0 aliphatic heterocycles. The molecule has 0 N–H and O–H groups in total. The van der Waals surface area contributed by atoms with Gasteiger partial charge in [-0.15, -0.1) is 0 Å². The van der Waals surface area contributed by atoms with Gasteiger partial charge in [0, 0.05) is 6.54 Å². The third kappa shape index (κ3) is 6.57. The van der Waals surface area contributed by atoms with Crippen molar-refractivity contribution < 1.29 is 23.2 Å². The number of benzene rings is 2. The molecule has 0 saturated carbocycles. The fourth-order valence-electron chi connectivity index (χ4n) is 2.89. The summed E-state index contributed by atoms with van der Waals surface area (Å²) in [4.78, 5) is 17.0. The maximum absolute atomic E-state index is 13.4. The summed E-state index contributed by atoms with van der Waals surface area (Å²) in [6, 6.07) is 19.0. The van der Waals surface area contributed by atoms with Crippen LogP contribution >= 0.6 is 7.60 Å². The third-order valence-electron chi connectivity index (χ3n) is 4.16. The highest BCUT2D eigenvalue weighted by Gasteiger charge is 2.36. The lowest BCUT2D eigenvalue weighted by atomic mass is 10.1. The lowest BCUT2D eigenvalue weighted by Gasteiger charge is -2.28. The Morgan fingerprint density at radius 1 is 0.964 bits per heavy atom. The van der Waals surface area contributed by atoms with Gasteiger partial charge in [0.25, 0.3) is 0 Å². The molecule has 1 atom stereocenters. The van der Waals surface area contributed by atoms with E-state index in [1.807, 2.05) is 60.7 Å². The van der Waals surface area contributed by atoms with Crippen molar-refractivity contribution in [1.29, 1.82) is 0 Å². The van der Waals surface area contributed by atoms with Crippen LogP contribution in [-0.2, 0) is 29.9 Å². The van der Waals surface area contributed by atoms with Crippen LogP contribution in [-0.4, -0.2) is 31.2 Å². The normalized spacial score (nSPS) is 12.5. The summed E-state index contributed by atoms with van der Waals surface area (Å²) in [5.41, 5.74) is 1.32. The number of carbonyl (C=O) groups is 1. The van der Waals surface area contributed by atoms with Crippen molar-refractivity contribution in [2.45, 2.75) is 32.5 Å². The number of hydrogen-bond acceptors (Lipinski definition) is 5. The molecule has 2 rings (SSSR count). The number of hydroxylamine groups is 2. The number of hydrogen-bond donors (Lipinski definition) is 0. The lowest BCUT2D eigenvalue weighted by Crippen LogP contribution is -2.25. The van der Waals surface area contributed by atoms with E-state index in [1.54, 1.807) is 13.8 Å². The van der Waals surface area contributed by atoms with Crippen LogP contribution in [0, 0.1) is 0 Å². The molecule has 0 aromatic heterocycles. The number of carbonyl (C=O) groups excluding carboxylic acids is 1. The van der Waals surface area contributed by atoms with E-state index < -0.39 is 13.3 Å². The van der Waals surface area contributed by atoms with Crippen LogP contribution in [0.3, 0.4) is 0 Å². The second kappa shape index (κ2) is 11.8.